The minimum absolute atomic E-state index is 0.112. The van der Waals surface area contributed by atoms with E-state index in [0.29, 0.717) is 33.8 Å². The Hall–Kier alpha value is -2.62. The van der Waals surface area contributed by atoms with Gasteiger partial charge in [-0.25, -0.2) is 0 Å². The number of hydrogen-bond acceptors (Lipinski definition) is 4. The molecule has 0 amide bonds. The van der Waals surface area contributed by atoms with Gasteiger partial charge in [-0.15, -0.1) is 0 Å². The van der Waals surface area contributed by atoms with Gasteiger partial charge in [-0.3, -0.25) is 9.59 Å². The first-order valence-corrected chi connectivity index (χ1v) is 6.95. The van der Waals surface area contributed by atoms with Crippen LogP contribution in [0.2, 0.25) is 0 Å². The van der Waals surface area contributed by atoms with Gasteiger partial charge in [0, 0.05) is 33.0 Å². The molecule has 0 fully saturated rings. The van der Waals surface area contributed by atoms with Crippen molar-refractivity contribution in [3.63, 3.8) is 0 Å². The Bertz CT molecular complexity index is 789. The van der Waals surface area contributed by atoms with Crippen LogP contribution < -0.4 is 9.47 Å². The number of hydrogen-bond donors (Lipinski definition) is 0. The van der Waals surface area contributed by atoms with Crippen molar-refractivity contribution in [1.82, 2.24) is 0 Å². The lowest BCUT2D eigenvalue weighted by atomic mass is 9.83. The zero-order valence-corrected chi connectivity index (χ0v) is 12.9. The lowest BCUT2D eigenvalue weighted by Crippen LogP contribution is -2.19. The molecule has 4 nitrogen and oxygen atoms in total. The van der Waals surface area contributed by atoms with Gasteiger partial charge in [-0.1, -0.05) is 0 Å². The average molecular weight is 296 g/mol. The van der Waals surface area contributed by atoms with Crippen LogP contribution in [0.3, 0.4) is 0 Å². The van der Waals surface area contributed by atoms with E-state index in [1.165, 1.54) is 0 Å². The highest BCUT2D eigenvalue weighted by Crippen LogP contribution is 2.37. The Labute approximate surface area is 128 Å². The number of benzene rings is 2. The number of carbonyl (C=O) groups excluding carboxylic acids is 2. The number of carbonyl (C=O) groups is 2. The molecule has 0 N–H and O–H groups in total. The molecule has 3 rings (SSSR count). The van der Waals surface area contributed by atoms with E-state index in [-0.39, 0.29) is 11.6 Å². The number of rotatable bonds is 2. The quantitative estimate of drug-likeness (QED) is 0.850. The van der Waals surface area contributed by atoms with Gasteiger partial charge in [-0.05, 0) is 38.1 Å². The molecule has 22 heavy (non-hydrogen) atoms. The van der Waals surface area contributed by atoms with Crippen molar-refractivity contribution in [2.24, 2.45) is 0 Å². The Morgan fingerprint density at radius 2 is 1.09 bits per heavy atom. The second-order valence-electron chi connectivity index (χ2n) is 5.32. The molecule has 0 aliphatic heterocycles. The molecular weight excluding hydrogens is 280 g/mol. The summed E-state index contributed by atoms with van der Waals surface area (Å²) in [4.78, 5) is 25.0. The standard InChI is InChI=1S/C18H16O4/c1-9-10(2)18(20)14-8-12-11(7-13(14)17(9)19)15(21-3)5-6-16(12)22-4/h5-8H,1-4H3. The smallest absolute Gasteiger partial charge is 0.189 e. The molecule has 0 saturated carbocycles. The zero-order valence-electron chi connectivity index (χ0n) is 12.9. The monoisotopic (exact) mass is 296 g/mol. The molecule has 4 heteroatoms. The van der Waals surface area contributed by atoms with Crippen LogP contribution in [0.5, 0.6) is 11.5 Å². The van der Waals surface area contributed by atoms with Crippen LogP contribution in [-0.4, -0.2) is 25.8 Å². The second-order valence-corrected chi connectivity index (χ2v) is 5.32. The number of ether oxygens (including phenoxy) is 2. The molecule has 2 aromatic carbocycles. The predicted molar refractivity (Wildman–Crippen MR) is 84.1 cm³/mol. The highest BCUT2D eigenvalue weighted by atomic mass is 16.5. The highest BCUT2D eigenvalue weighted by Gasteiger charge is 2.28. The minimum Gasteiger partial charge on any atom is -0.496 e. The van der Waals surface area contributed by atoms with E-state index < -0.39 is 0 Å². The third-order valence-corrected chi connectivity index (χ3v) is 4.25. The van der Waals surface area contributed by atoms with Crippen molar-refractivity contribution in [1.29, 1.82) is 0 Å². The summed E-state index contributed by atoms with van der Waals surface area (Å²) in [6.45, 7) is 3.37. The van der Waals surface area contributed by atoms with Gasteiger partial charge < -0.3 is 9.47 Å². The van der Waals surface area contributed by atoms with Crippen molar-refractivity contribution in [2.75, 3.05) is 14.2 Å². The molecule has 1 aliphatic rings. The summed E-state index contributed by atoms with van der Waals surface area (Å²) >= 11 is 0. The van der Waals surface area contributed by atoms with E-state index in [1.54, 1.807) is 52.3 Å². The zero-order chi connectivity index (χ0) is 16.0. The fourth-order valence-corrected chi connectivity index (χ4v) is 2.81. The van der Waals surface area contributed by atoms with E-state index in [2.05, 4.69) is 0 Å². The fourth-order valence-electron chi connectivity index (χ4n) is 2.81. The number of ketones is 2. The van der Waals surface area contributed by atoms with Gasteiger partial charge in [0.15, 0.2) is 11.6 Å². The van der Waals surface area contributed by atoms with Crippen LogP contribution in [-0.2, 0) is 0 Å². The number of allylic oxidation sites excluding steroid dienone is 2. The Morgan fingerprint density at radius 3 is 1.41 bits per heavy atom. The normalized spacial score (nSPS) is 14.4. The number of Topliss-reactive ketones (excluding diaryl/α,β-unsaturated/α-hetero) is 2. The molecule has 0 spiro atoms. The van der Waals surface area contributed by atoms with Crippen molar-refractivity contribution in [3.8, 4) is 11.5 Å². The highest BCUT2D eigenvalue weighted by molar-refractivity contribution is 6.28. The van der Waals surface area contributed by atoms with Crippen LogP contribution in [0.25, 0.3) is 10.8 Å². The Balaban J connectivity index is 2.41. The van der Waals surface area contributed by atoms with E-state index in [0.717, 1.165) is 10.8 Å². The second kappa shape index (κ2) is 4.98. The van der Waals surface area contributed by atoms with Gasteiger partial charge in [0.2, 0.25) is 0 Å². The lowest BCUT2D eigenvalue weighted by Gasteiger charge is -2.19. The summed E-state index contributed by atoms with van der Waals surface area (Å²) in [5.74, 6) is 1.06. The first-order chi connectivity index (χ1) is 10.5. The maximum absolute atomic E-state index is 12.5. The molecule has 0 saturated heterocycles. The summed E-state index contributed by atoms with van der Waals surface area (Å²) in [5.41, 5.74) is 1.84. The summed E-state index contributed by atoms with van der Waals surface area (Å²) < 4.78 is 10.7. The van der Waals surface area contributed by atoms with Crippen molar-refractivity contribution >= 4 is 22.3 Å². The first-order valence-electron chi connectivity index (χ1n) is 6.95. The minimum atomic E-state index is -0.112. The lowest BCUT2D eigenvalue weighted by molar-refractivity contribution is 0.0975. The summed E-state index contributed by atoms with van der Waals surface area (Å²) in [7, 11) is 3.14. The summed E-state index contributed by atoms with van der Waals surface area (Å²) in [6.07, 6.45) is 0. The number of fused-ring (bicyclic) bond motifs is 2. The van der Waals surface area contributed by atoms with E-state index in [9.17, 15) is 9.59 Å². The molecule has 0 bridgehead atoms. The van der Waals surface area contributed by atoms with Crippen LogP contribution in [0.1, 0.15) is 34.6 Å². The van der Waals surface area contributed by atoms with E-state index in [1.807, 2.05) is 0 Å². The van der Waals surface area contributed by atoms with E-state index >= 15 is 0 Å². The molecule has 112 valence electrons. The van der Waals surface area contributed by atoms with Gasteiger partial charge in [-0.2, -0.15) is 0 Å². The van der Waals surface area contributed by atoms with Crippen molar-refractivity contribution in [3.05, 3.63) is 46.5 Å². The topological polar surface area (TPSA) is 52.6 Å². The first kappa shape index (κ1) is 14.3. The third-order valence-electron chi connectivity index (χ3n) is 4.25. The molecule has 1 aliphatic carbocycles. The summed E-state index contributed by atoms with van der Waals surface area (Å²) in [6, 6.07) is 7.03. The van der Waals surface area contributed by atoms with Crippen LogP contribution in [0.4, 0.5) is 0 Å². The van der Waals surface area contributed by atoms with Crippen molar-refractivity contribution in [2.45, 2.75) is 13.8 Å². The average Bonchev–Trinajstić information content (AvgIpc) is 2.55. The Morgan fingerprint density at radius 1 is 0.727 bits per heavy atom. The summed E-state index contributed by atoms with van der Waals surface area (Å²) in [5, 5.41) is 1.52. The van der Waals surface area contributed by atoms with Crippen LogP contribution >= 0.6 is 0 Å². The maximum Gasteiger partial charge on any atom is 0.189 e. The fraction of sp³-hybridized carbons (Fsp3) is 0.222. The van der Waals surface area contributed by atoms with Gasteiger partial charge in [0.1, 0.15) is 11.5 Å². The van der Waals surface area contributed by atoms with Crippen molar-refractivity contribution < 1.29 is 19.1 Å². The Kier molecular flexibility index (Phi) is 3.24. The van der Waals surface area contributed by atoms with Gasteiger partial charge in [0.05, 0.1) is 14.2 Å². The van der Waals surface area contributed by atoms with Gasteiger partial charge >= 0.3 is 0 Å². The third kappa shape index (κ3) is 1.84. The maximum atomic E-state index is 12.5. The number of methoxy groups -OCH3 is 2. The largest absolute Gasteiger partial charge is 0.496 e. The van der Waals surface area contributed by atoms with E-state index in [4.69, 9.17) is 9.47 Å². The molecule has 0 unspecified atom stereocenters. The predicted octanol–water partition coefficient (Wildman–Crippen LogP) is 3.57. The molecule has 0 aromatic heterocycles. The SMILES string of the molecule is COc1ccc(OC)c2cc3c(cc12)C(=O)C(C)=C(C)C3=O. The molecule has 0 radical (unpaired) electrons. The molecule has 0 heterocycles. The van der Waals surface area contributed by atoms with Gasteiger partial charge in [0.25, 0.3) is 0 Å². The van der Waals surface area contributed by atoms with Crippen LogP contribution in [0, 0.1) is 0 Å². The molecule has 2 aromatic rings. The van der Waals surface area contributed by atoms with Crippen LogP contribution in [0.15, 0.2) is 35.4 Å². The molecule has 0 atom stereocenters. The molecular formula is C18H16O4.